The van der Waals surface area contributed by atoms with Gasteiger partial charge in [0.05, 0.1) is 12.3 Å². The van der Waals surface area contributed by atoms with E-state index >= 15 is 0 Å². The van der Waals surface area contributed by atoms with Gasteiger partial charge in [-0.15, -0.1) is 0 Å². The molecule has 2 aromatic carbocycles. The van der Waals surface area contributed by atoms with E-state index in [9.17, 15) is 4.21 Å². The molecule has 0 radical (unpaired) electrons. The van der Waals surface area contributed by atoms with Crippen molar-refractivity contribution in [3.05, 3.63) is 66.9 Å². The number of hydrogen-bond acceptors (Lipinski definition) is 6. The van der Waals surface area contributed by atoms with Crippen LogP contribution in [-0.2, 0) is 15.5 Å². The first kappa shape index (κ1) is 24.2. The van der Waals surface area contributed by atoms with Crippen LogP contribution in [0.1, 0.15) is 12.5 Å². The highest BCUT2D eigenvalue weighted by atomic mass is 32.2. The zero-order valence-electron chi connectivity index (χ0n) is 18.3. The van der Waals surface area contributed by atoms with Crippen molar-refractivity contribution in [3.8, 4) is 17.2 Å². The summed E-state index contributed by atoms with van der Waals surface area (Å²) in [7, 11) is 2.28. The molecule has 166 valence electrons. The first-order valence-electron chi connectivity index (χ1n) is 9.61. The van der Waals surface area contributed by atoms with Gasteiger partial charge < -0.3 is 25.3 Å². The second-order valence-electron chi connectivity index (χ2n) is 6.71. The Balaban J connectivity index is 2.39. The highest BCUT2D eigenvalue weighted by Gasteiger charge is 2.11. The van der Waals surface area contributed by atoms with Crippen LogP contribution in [0.5, 0.6) is 17.2 Å². The fourth-order valence-electron chi connectivity index (χ4n) is 2.65. The van der Waals surface area contributed by atoms with Crippen LogP contribution >= 0.6 is 0 Å². The van der Waals surface area contributed by atoms with Crippen molar-refractivity contribution in [2.75, 3.05) is 27.0 Å². The predicted molar refractivity (Wildman–Crippen MR) is 126 cm³/mol. The van der Waals surface area contributed by atoms with Crippen molar-refractivity contribution >= 4 is 22.3 Å². The van der Waals surface area contributed by atoms with E-state index in [1.165, 1.54) is 0 Å². The second-order valence-corrected chi connectivity index (χ2v) is 8.09. The van der Waals surface area contributed by atoms with Crippen molar-refractivity contribution in [3.63, 3.8) is 0 Å². The fraction of sp³-hybridized carbons (Fsp3) is 0.261. The number of ether oxygens (including phenoxy) is 3. The Bertz CT molecular complexity index is 989. The van der Waals surface area contributed by atoms with Crippen LogP contribution < -0.4 is 20.5 Å². The summed E-state index contributed by atoms with van der Waals surface area (Å²) in [6.07, 6.45) is 4.77. The summed E-state index contributed by atoms with van der Waals surface area (Å²) in [5.41, 5.74) is 7.06. The summed E-state index contributed by atoms with van der Waals surface area (Å²) in [4.78, 5) is 5.00. The maximum absolute atomic E-state index is 11.8. The van der Waals surface area contributed by atoms with Crippen molar-refractivity contribution < 1.29 is 18.4 Å². The van der Waals surface area contributed by atoms with Gasteiger partial charge in [-0.3, -0.25) is 4.21 Å². The van der Waals surface area contributed by atoms with Gasteiger partial charge >= 0.3 is 0 Å². The molecule has 0 bridgehead atoms. The Labute approximate surface area is 186 Å². The monoisotopic (exact) mass is 443 g/mol. The van der Waals surface area contributed by atoms with E-state index in [2.05, 4.69) is 16.9 Å². The van der Waals surface area contributed by atoms with E-state index in [1.54, 1.807) is 69.1 Å². The number of hydrogen-bond donors (Lipinski definition) is 2. The molecule has 31 heavy (non-hydrogen) atoms. The average Bonchev–Trinajstić information content (AvgIpc) is 2.72. The molecule has 0 fully saturated rings. The quantitative estimate of drug-likeness (QED) is 0.406. The van der Waals surface area contributed by atoms with E-state index < -0.39 is 10.8 Å². The molecule has 0 spiro atoms. The SMILES string of the molecule is C=C(N=C(N)/C=C\NC)c1cc(Oc2cccc(S(C)=O)c2)cc(OC(C)COC)c1. The van der Waals surface area contributed by atoms with E-state index in [1.807, 2.05) is 13.0 Å². The molecule has 2 atom stereocenters. The molecular formula is C23H29N3O4S. The lowest BCUT2D eigenvalue weighted by molar-refractivity contribution is 0.0919. The van der Waals surface area contributed by atoms with Crippen molar-refractivity contribution in [2.24, 2.45) is 10.7 Å². The van der Waals surface area contributed by atoms with Crippen LogP contribution in [-0.4, -0.2) is 43.2 Å². The smallest absolute Gasteiger partial charge is 0.131 e. The van der Waals surface area contributed by atoms with Crippen LogP contribution in [0.15, 0.2) is 71.2 Å². The van der Waals surface area contributed by atoms with Crippen molar-refractivity contribution in [2.45, 2.75) is 17.9 Å². The van der Waals surface area contributed by atoms with Crippen molar-refractivity contribution in [1.82, 2.24) is 5.32 Å². The Kier molecular flexibility index (Phi) is 9.30. The summed E-state index contributed by atoms with van der Waals surface area (Å²) in [6, 6.07) is 12.5. The molecule has 0 saturated carbocycles. The van der Waals surface area contributed by atoms with E-state index in [4.69, 9.17) is 19.9 Å². The number of nitrogens with one attached hydrogen (secondary N) is 1. The van der Waals surface area contributed by atoms with Crippen LogP contribution in [0.3, 0.4) is 0 Å². The molecule has 0 aliphatic rings. The molecule has 3 N–H and O–H groups in total. The zero-order valence-corrected chi connectivity index (χ0v) is 19.1. The van der Waals surface area contributed by atoms with Gasteiger partial charge in [0, 0.05) is 47.7 Å². The maximum Gasteiger partial charge on any atom is 0.131 e. The third-order valence-corrected chi connectivity index (χ3v) is 4.93. The Hall–Kier alpha value is -3.10. The second kappa shape index (κ2) is 11.9. The first-order valence-corrected chi connectivity index (χ1v) is 11.2. The van der Waals surface area contributed by atoms with E-state index in [0.29, 0.717) is 45.8 Å². The molecule has 0 aliphatic heterocycles. The normalized spacial score (nSPS) is 13.6. The Morgan fingerprint density at radius 3 is 2.68 bits per heavy atom. The number of aliphatic imine (C=N–C) groups is 1. The molecule has 2 unspecified atom stereocenters. The lowest BCUT2D eigenvalue weighted by atomic mass is 10.1. The molecule has 0 heterocycles. The van der Waals surface area contributed by atoms with Crippen LogP contribution in [0.2, 0.25) is 0 Å². The molecule has 2 aromatic rings. The van der Waals surface area contributed by atoms with E-state index in [0.717, 1.165) is 0 Å². The summed E-state index contributed by atoms with van der Waals surface area (Å²) < 4.78 is 28.9. The topological polar surface area (TPSA) is 95.2 Å². The first-order chi connectivity index (χ1) is 14.8. The molecule has 0 aliphatic carbocycles. The zero-order chi connectivity index (χ0) is 22.8. The Morgan fingerprint density at radius 2 is 2.00 bits per heavy atom. The van der Waals surface area contributed by atoms with Crippen molar-refractivity contribution in [1.29, 1.82) is 0 Å². The predicted octanol–water partition coefficient (Wildman–Crippen LogP) is 3.69. The van der Waals surface area contributed by atoms with Gasteiger partial charge in [0.1, 0.15) is 29.2 Å². The number of nitrogens with zero attached hydrogens (tertiary/aromatic N) is 1. The summed E-state index contributed by atoms with van der Waals surface area (Å²) in [5.74, 6) is 1.97. The van der Waals surface area contributed by atoms with E-state index in [-0.39, 0.29) is 6.10 Å². The number of benzene rings is 2. The van der Waals surface area contributed by atoms with Gasteiger partial charge in [-0.2, -0.15) is 0 Å². The number of nitrogens with two attached hydrogens (primary N) is 1. The van der Waals surface area contributed by atoms with Gasteiger partial charge in [0.15, 0.2) is 0 Å². The summed E-state index contributed by atoms with van der Waals surface area (Å²) >= 11 is 0. The number of amidine groups is 1. The molecule has 2 rings (SSSR count). The minimum atomic E-state index is -1.11. The molecule has 0 aromatic heterocycles. The average molecular weight is 444 g/mol. The third-order valence-electron chi connectivity index (χ3n) is 4.01. The summed E-state index contributed by atoms with van der Waals surface area (Å²) in [6.45, 7) is 6.36. The third kappa shape index (κ3) is 7.92. The van der Waals surface area contributed by atoms with Gasteiger partial charge in [0.2, 0.25) is 0 Å². The van der Waals surface area contributed by atoms with Crippen LogP contribution in [0.25, 0.3) is 5.70 Å². The molecule has 0 amide bonds. The molecule has 0 saturated heterocycles. The largest absolute Gasteiger partial charge is 0.488 e. The minimum Gasteiger partial charge on any atom is -0.488 e. The van der Waals surface area contributed by atoms with Crippen LogP contribution in [0.4, 0.5) is 0 Å². The Morgan fingerprint density at radius 1 is 1.26 bits per heavy atom. The minimum absolute atomic E-state index is 0.167. The molecular weight excluding hydrogens is 414 g/mol. The lowest BCUT2D eigenvalue weighted by Gasteiger charge is -2.16. The van der Waals surface area contributed by atoms with Gasteiger partial charge in [0.25, 0.3) is 0 Å². The van der Waals surface area contributed by atoms with Gasteiger partial charge in [-0.05, 0) is 49.5 Å². The lowest BCUT2D eigenvalue weighted by Crippen LogP contribution is -2.18. The van der Waals surface area contributed by atoms with Crippen LogP contribution in [0, 0.1) is 0 Å². The van der Waals surface area contributed by atoms with Gasteiger partial charge in [-0.1, -0.05) is 12.6 Å². The maximum atomic E-state index is 11.8. The number of methoxy groups -OCH3 is 1. The highest BCUT2D eigenvalue weighted by Crippen LogP contribution is 2.31. The highest BCUT2D eigenvalue weighted by molar-refractivity contribution is 7.84. The molecule has 7 nitrogen and oxygen atoms in total. The molecule has 8 heteroatoms. The summed E-state index contributed by atoms with van der Waals surface area (Å²) in [5, 5.41) is 2.86. The fourth-order valence-corrected chi connectivity index (χ4v) is 3.20. The van der Waals surface area contributed by atoms with Gasteiger partial charge in [-0.25, -0.2) is 4.99 Å². The number of rotatable bonds is 11. The standard InChI is InChI=1S/C23H29N3O4S/c1-16(15-28-4)29-20-11-18(17(2)26-23(24)9-10-25-3)12-21(13-20)30-19-7-6-8-22(14-19)31(5)27/h6-14,16,25H,2,15H2,1,3-5H3,(H2,24,26)/b10-9-.